The first-order valence-corrected chi connectivity index (χ1v) is 7.44. The first-order valence-electron chi connectivity index (χ1n) is 7.44. The summed E-state index contributed by atoms with van der Waals surface area (Å²) in [6.07, 6.45) is 4.83. The predicted molar refractivity (Wildman–Crippen MR) is 77.9 cm³/mol. The van der Waals surface area contributed by atoms with Gasteiger partial charge in [0.05, 0.1) is 11.7 Å². The van der Waals surface area contributed by atoms with Crippen molar-refractivity contribution in [2.45, 2.75) is 45.6 Å². The van der Waals surface area contributed by atoms with Crippen molar-refractivity contribution >= 4 is 0 Å². The van der Waals surface area contributed by atoms with Crippen LogP contribution in [0.15, 0.2) is 18.2 Å². The molecule has 106 valence electrons. The van der Waals surface area contributed by atoms with Gasteiger partial charge in [0.25, 0.3) is 0 Å². The van der Waals surface area contributed by atoms with E-state index in [1.54, 1.807) is 0 Å². The molecule has 0 amide bonds. The quantitative estimate of drug-likeness (QED) is 0.926. The molecule has 0 bridgehead atoms. The second-order valence-electron chi connectivity index (χ2n) is 5.35. The molecule has 1 aliphatic carbocycles. The Morgan fingerprint density at radius 1 is 1.30 bits per heavy atom. The molecule has 1 aliphatic rings. The highest BCUT2D eigenvalue weighted by atomic mass is 15.5. The number of tetrazole rings is 1. The Morgan fingerprint density at radius 2 is 2.15 bits per heavy atom. The zero-order valence-corrected chi connectivity index (χ0v) is 12.1. The average Bonchev–Trinajstić information content (AvgIpc) is 2.96. The van der Waals surface area contributed by atoms with Crippen molar-refractivity contribution in [1.82, 2.24) is 25.5 Å². The van der Waals surface area contributed by atoms with Gasteiger partial charge in [-0.25, -0.2) is 0 Å². The molecular weight excluding hydrogens is 250 g/mol. The summed E-state index contributed by atoms with van der Waals surface area (Å²) < 4.78 is 1.90. The average molecular weight is 271 g/mol. The van der Waals surface area contributed by atoms with Crippen LogP contribution in [0.4, 0.5) is 0 Å². The Morgan fingerprint density at radius 3 is 3.00 bits per heavy atom. The summed E-state index contributed by atoms with van der Waals surface area (Å²) in [6.45, 7) is 5.09. The number of rotatable bonds is 4. The normalized spacial score (nSPS) is 15.9. The minimum atomic E-state index is 0.148. The van der Waals surface area contributed by atoms with E-state index in [2.05, 4.69) is 52.9 Å². The Labute approximate surface area is 119 Å². The topological polar surface area (TPSA) is 55.6 Å². The van der Waals surface area contributed by atoms with Crippen LogP contribution in [0.2, 0.25) is 0 Å². The third-order valence-corrected chi connectivity index (χ3v) is 3.99. The number of hydrogen-bond donors (Lipinski definition) is 1. The second-order valence-corrected chi connectivity index (χ2v) is 5.35. The first kappa shape index (κ1) is 13.2. The predicted octanol–water partition coefficient (Wildman–Crippen LogP) is 2.21. The molecule has 1 unspecified atom stereocenters. The molecule has 5 nitrogen and oxygen atoms in total. The van der Waals surface area contributed by atoms with Crippen LogP contribution < -0.4 is 5.32 Å². The molecule has 0 spiro atoms. The van der Waals surface area contributed by atoms with Gasteiger partial charge in [-0.2, -0.15) is 4.68 Å². The molecule has 2 aromatic rings. The maximum atomic E-state index is 4.21. The van der Waals surface area contributed by atoms with Crippen molar-refractivity contribution in [3.63, 3.8) is 0 Å². The molecule has 1 aromatic carbocycles. The molecule has 0 saturated heterocycles. The zero-order valence-electron chi connectivity index (χ0n) is 12.1. The van der Waals surface area contributed by atoms with Crippen molar-refractivity contribution in [3.05, 3.63) is 35.2 Å². The van der Waals surface area contributed by atoms with E-state index in [1.165, 1.54) is 30.4 Å². The van der Waals surface area contributed by atoms with Crippen molar-refractivity contribution in [3.8, 4) is 5.69 Å². The van der Waals surface area contributed by atoms with E-state index in [0.29, 0.717) is 0 Å². The third kappa shape index (κ3) is 2.33. The molecule has 0 fully saturated rings. The van der Waals surface area contributed by atoms with Gasteiger partial charge < -0.3 is 5.32 Å². The lowest BCUT2D eigenvalue weighted by Crippen LogP contribution is -2.22. The molecule has 3 rings (SSSR count). The van der Waals surface area contributed by atoms with Crippen LogP contribution in [0.5, 0.6) is 0 Å². The van der Waals surface area contributed by atoms with Gasteiger partial charge in [0.15, 0.2) is 5.82 Å². The summed E-state index contributed by atoms with van der Waals surface area (Å²) in [4.78, 5) is 0. The van der Waals surface area contributed by atoms with Gasteiger partial charge in [-0.05, 0) is 66.8 Å². The number of aromatic nitrogens is 4. The summed E-state index contributed by atoms with van der Waals surface area (Å²) in [5.74, 6) is 0.880. The van der Waals surface area contributed by atoms with Crippen LogP contribution in [-0.4, -0.2) is 26.8 Å². The van der Waals surface area contributed by atoms with Crippen LogP contribution in [-0.2, 0) is 12.8 Å². The number of hydrogen-bond acceptors (Lipinski definition) is 4. The Bertz CT molecular complexity index is 590. The lowest BCUT2D eigenvalue weighted by Gasteiger charge is -2.20. The molecule has 20 heavy (non-hydrogen) atoms. The van der Waals surface area contributed by atoms with Crippen LogP contribution in [0, 0.1) is 0 Å². The highest BCUT2D eigenvalue weighted by Gasteiger charge is 2.19. The van der Waals surface area contributed by atoms with E-state index in [1.807, 2.05) is 4.68 Å². The van der Waals surface area contributed by atoms with Crippen LogP contribution in [0.1, 0.15) is 49.7 Å². The fourth-order valence-corrected chi connectivity index (χ4v) is 2.99. The second kappa shape index (κ2) is 5.71. The van der Waals surface area contributed by atoms with E-state index in [4.69, 9.17) is 0 Å². The van der Waals surface area contributed by atoms with Gasteiger partial charge in [0.1, 0.15) is 0 Å². The van der Waals surface area contributed by atoms with E-state index >= 15 is 0 Å². The summed E-state index contributed by atoms with van der Waals surface area (Å²) in [5.41, 5.74) is 4.01. The number of nitrogens with zero attached hydrogens (tertiary/aromatic N) is 4. The Kier molecular flexibility index (Phi) is 3.78. The minimum Gasteiger partial charge on any atom is -0.308 e. The number of benzene rings is 1. The van der Waals surface area contributed by atoms with Crippen LogP contribution in [0.25, 0.3) is 5.69 Å². The van der Waals surface area contributed by atoms with Gasteiger partial charge in [0.2, 0.25) is 0 Å². The third-order valence-electron chi connectivity index (χ3n) is 3.99. The smallest absolute Gasteiger partial charge is 0.173 e. The van der Waals surface area contributed by atoms with Crippen LogP contribution >= 0.6 is 0 Å². The SMILES string of the molecule is CCNC(C)c1nnnn1-c1cccc2c1CCCC2. The zero-order chi connectivity index (χ0) is 13.9. The Balaban J connectivity index is 2.04. The van der Waals surface area contributed by atoms with E-state index in [0.717, 1.165) is 24.5 Å². The van der Waals surface area contributed by atoms with Crippen molar-refractivity contribution in [1.29, 1.82) is 0 Å². The van der Waals surface area contributed by atoms with Gasteiger partial charge in [-0.3, -0.25) is 0 Å². The molecule has 1 aromatic heterocycles. The highest BCUT2D eigenvalue weighted by molar-refractivity contribution is 5.47. The number of fused-ring (bicyclic) bond motifs is 1. The van der Waals surface area contributed by atoms with Crippen molar-refractivity contribution < 1.29 is 0 Å². The summed E-state index contributed by atoms with van der Waals surface area (Å²) in [7, 11) is 0. The van der Waals surface area contributed by atoms with Gasteiger partial charge in [-0.15, -0.1) is 5.10 Å². The molecule has 1 heterocycles. The lowest BCUT2D eigenvalue weighted by atomic mass is 9.90. The monoisotopic (exact) mass is 271 g/mol. The Hall–Kier alpha value is -1.75. The van der Waals surface area contributed by atoms with E-state index < -0.39 is 0 Å². The molecule has 1 atom stereocenters. The molecule has 1 N–H and O–H groups in total. The summed E-state index contributed by atoms with van der Waals surface area (Å²) in [6, 6.07) is 6.62. The van der Waals surface area contributed by atoms with Crippen LogP contribution in [0.3, 0.4) is 0 Å². The fourth-order valence-electron chi connectivity index (χ4n) is 2.99. The maximum Gasteiger partial charge on any atom is 0.173 e. The molecule has 0 saturated carbocycles. The molecule has 5 heteroatoms. The molecular formula is C15H21N5. The highest BCUT2D eigenvalue weighted by Crippen LogP contribution is 2.27. The van der Waals surface area contributed by atoms with Gasteiger partial charge in [0, 0.05) is 0 Å². The van der Waals surface area contributed by atoms with Gasteiger partial charge in [-0.1, -0.05) is 19.1 Å². The fraction of sp³-hybridized carbons (Fsp3) is 0.533. The molecule has 0 radical (unpaired) electrons. The van der Waals surface area contributed by atoms with Crippen molar-refractivity contribution in [2.75, 3.05) is 6.54 Å². The van der Waals surface area contributed by atoms with Gasteiger partial charge >= 0.3 is 0 Å². The number of aryl methyl sites for hydroxylation is 1. The lowest BCUT2D eigenvalue weighted by molar-refractivity contribution is 0.548. The van der Waals surface area contributed by atoms with Crippen molar-refractivity contribution in [2.24, 2.45) is 0 Å². The van der Waals surface area contributed by atoms with E-state index in [-0.39, 0.29) is 6.04 Å². The number of nitrogens with one attached hydrogen (secondary N) is 1. The molecule has 0 aliphatic heterocycles. The largest absolute Gasteiger partial charge is 0.308 e. The first-order chi connectivity index (χ1) is 9.81. The summed E-state index contributed by atoms with van der Waals surface area (Å²) >= 11 is 0. The standard InChI is InChI=1S/C15H21N5/c1-3-16-11(2)15-17-18-19-20(15)14-10-6-8-12-7-4-5-9-13(12)14/h6,8,10-11,16H,3-5,7,9H2,1-2H3. The minimum absolute atomic E-state index is 0.148. The maximum absolute atomic E-state index is 4.21. The van der Waals surface area contributed by atoms with E-state index in [9.17, 15) is 0 Å². The summed E-state index contributed by atoms with van der Waals surface area (Å²) in [5, 5.41) is 15.7.